The standard InChI is InChI=1S/C17H12O5/c1-9(18)15-16(11(19)7-14-17(15)21-8-20-14)13-6-10-4-2-3-5-12(10)22-13/h2-7,19H,8H2,1H3. The maximum Gasteiger partial charge on any atom is 0.231 e. The van der Waals surface area contributed by atoms with E-state index in [1.807, 2.05) is 24.3 Å². The van der Waals surface area contributed by atoms with Crippen LogP contribution in [0.1, 0.15) is 17.3 Å². The number of benzene rings is 2. The molecule has 3 aromatic rings. The molecule has 0 spiro atoms. The Balaban J connectivity index is 2.03. The van der Waals surface area contributed by atoms with E-state index in [1.165, 1.54) is 13.0 Å². The van der Waals surface area contributed by atoms with Crippen LogP contribution in [-0.4, -0.2) is 17.7 Å². The Morgan fingerprint density at radius 1 is 1.18 bits per heavy atom. The first-order chi connectivity index (χ1) is 10.6. The summed E-state index contributed by atoms with van der Waals surface area (Å²) in [5.41, 5.74) is 1.28. The molecule has 0 radical (unpaired) electrons. The largest absolute Gasteiger partial charge is 0.507 e. The Kier molecular flexibility index (Phi) is 2.63. The summed E-state index contributed by atoms with van der Waals surface area (Å²) in [5.74, 6) is 0.826. The fraction of sp³-hybridized carbons (Fsp3) is 0.118. The molecule has 1 aromatic heterocycles. The number of ether oxygens (including phenoxy) is 2. The van der Waals surface area contributed by atoms with Gasteiger partial charge in [0, 0.05) is 11.5 Å². The van der Waals surface area contributed by atoms with E-state index in [0.717, 1.165) is 5.39 Å². The van der Waals surface area contributed by atoms with Crippen molar-refractivity contribution >= 4 is 16.8 Å². The van der Waals surface area contributed by atoms with Crippen molar-refractivity contribution in [2.45, 2.75) is 6.92 Å². The number of carbonyl (C=O) groups is 1. The molecule has 0 saturated heterocycles. The number of Topliss-reactive ketones (excluding diaryl/α,β-unsaturated/α-hetero) is 1. The molecule has 0 amide bonds. The third-order valence-corrected chi connectivity index (χ3v) is 3.67. The normalized spacial score (nSPS) is 12.8. The molecule has 5 nitrogen and oxygen atoms in total. The zero-order valence-electron chi connectivity index (χ0n) is 11.8. The second-order valence-electron chi connectivity index (χ2n) is 5.08. The molecule has 2 heterocycles. The first-order valence-corrected chi connectivity index (χ1v) is 6.80. The molecule has 5 heteroatoms. The third kappa shape index (κ3) is 1.75. The van der Waals surface area contributed by atoms with Gasteiger partial charge in [0.1, 0.15) is 17.1 Å². The van der Waals surface area contributed by atoms with E-state index in [1.54, 1.807) is 6.07 Å². The predicted molar refractivity (Wildman–Crippen MR) is 79.4 cm³/mol. The Morgan fingerprint density at radius 3 is 2.77 bits per heavy atom. The quantitative estimate of drug-likeness (QED) is 0.730. The molecule has 0 atom stereocenters. The van der Waals surface area contributed by atoms with Gasteiger partial charge in [-0.1, -0.05) is 18.2 Å². The number of hydrogen-bond acceptors (Lipinski definition) is 5. The maximum absolute atomic E-state index is 12.1. The van der Waals surface area contributed by atoms with Crippen LogP contribution in [0.2, 0.25) is 0 Å². The molecule has 1 N–H and O–H groups in total. The second kappa shape index (κ2) is 4.53. The fourth-order valence-corrected chi connectivity index (χ4v) is 2.72. The van der Waals surface area contributed by atoms with Crippen LogP contribution in [0.15, 0.2) is 40.8 Å². The zero-order valence-corrected chi connectivity index (χ0v) is 11.8. The number of hydrogen-bond donors (Lipinski definition) is 1. The number of rotatable bonds is 2. The van der Waals surface area contributed by atoms with Crippen LogP contribution in [0, 0.1) is 0 Å². The topological polar surface area (TPSA) is 68.9 Å². The van der Waals surface area contributed by atoms with Crippen molar-refractivity contribution in [3.8, 4) is 28.6 Å². The van der Waals surface area contributed by atoms with Crippen LogP contribution in [0.5, 0.6) is 17.2 Å². The smallest absolute Gasteiger partial charge is 0.231 e. The van der Waals surface area contributed by atoms with E-state index in [4.69, 9.17) is 13.9 Å². The molecular formula is C17H12O5. The lowest BCUT2D eigenvalue weighted by Crippen LogP contribution is -2.00. The van der Waals surface area contributed by atoms with Gasteiger partial charge in [-0.2, -0.15) is 0 Å². The zero-order chi connectivity index (χ0) is 15.3. The number of para-hydroxylation sites is 1. The summed E-state index contributed by atoms with van der Waals surface area (Å²) in [6.07, 6.45) is 0. The van der Waals surface area contributed by atoms with E-state index >= 15 is 0 Å². The van der Waals surface area contributed by atoms with Crippen LogP contribution in [-0.2, 0) is 0 Å². The molecule has 22 heavy (non-hydrogen) atoms. The molecule has 1 aliphatic rings. The Labute approximate surface area is 125 Å². The molecular weight excluding hydrogens is 284 g/mol. The van der Waals surface area contributed by atoms with Gasteiger partial charge in [0.15, 0.2) is 17.3 Å². The van der Waals surface area contributed by atoms with Gasteiger partial charge in [-0.05, 0) is 19.1 Å². The number of aromatic hydroxyl groups is 1. The Bertz CT molecular complexity index is 874. The molecule has 0 fully saturated rings. The molecule has 0 aliphatic carbocycles. The summed E-state index contributed by atoms with van der Waals surface area (Å²) in [6.45, 7) is 1.45. The van der Waals surface area contributed by atoms with Gasteiger partial charge in [0.05, 0.1) is 11.1 Å². The van der Waals surface area contributed by atoms with Crippen molar-refractivity contribution in [1.82, 2.24) is 0 Å². The molecule has 0 unspecified atom stereocenters. The van der Waals surface area contributed by atoms with Crippen LogP contribution < -0.4 is 9.47 Å². The minimum Gasteiger partial charge on any atom is -0.507 e. The number of furan rings is 1. The lowest BCUT2D eigenvalue weighted by atomic mass is 9.99. The van der Waals surface area contributed by atoms with E-state index in [0.29, 0.717) is 28.4 Å². The fourth-order valence-electron chi connectivity index (χ4n) is 2.72. The van der Waals surface area contributed by atoms with Gasteiger partial charge in [-0.3, -0.25) is 4.79 Å². The van der Waals surface area contributed by atoms with Crippen molar-refractivity contribution in [3.63, 3.8) is 0 Å². The monoisotopic (exact) mass is 296 g/mol. The van der Waals surface area contributed by atoms with Crippen molar-refractivity contribution in [2.24, 2.45) is 0 Å². The number of ketones is 1. The first kappa shape index (κ1) is 12.8. The molecule has 110 valence electrons. The average molecular weight is 296 g/mol. The van der Waals surface area contributed by atoms with Gasteiger partial charge < -0.3 is 19.0 Å². The summed E-state index contributed by atoms with van der Waals surface area (Å²) in [7, 11) is 0. The van der Waals surface area contributed by atoms with Crippen LogP contribution in [0.3, 0.4) is 0 Å². The molecule has 2 aromatic carbocycles. The lowest BCUT2D eigenvalue weighted by Gasteiger charge is -2.10. The molecule has 4 rings (SSSR count). The van der Waals surface area contributed by atoms with Crippen molar-refractivity contribution < 1.29 is 23.8 Å². The van der Waals surface area contributed by atoms with Crippen molar-refractivity contribution in [3.05, 3.63) is 42.0 Å². The van der Waals surface area contributed by atoms with Gasteiger partial charge >= 0.3 is 0 Å². The minimum absolute atomic E-state index is 0.0264. The van der Waals surface area contributed by atoms with Crippen molar-refractivity contribution in [2.75, 3.05) is 6.79 Å². The molecule has 0 saturated carbocycles. The average Bonchev–Trinajstić information content (AvgIpc) is 3.10. The summed E-state index contributed by atoms with van der Waals surface area (Å²) in [6, 6.07) is 10.7. The Hall–Kier alpha value is -2.95. The second-order valence-corrected chi connectivity index (χ2v) is 5.08. The highest BCUT2D eigenvalue weighted by Crippen LogP contribution is 2.47. The van der Waals surface area contributed by atoms with E-state index in [9.17, 15) is 9.90 Å². The molecule has 1 aliphatic heterocycles. The maximum atomic E-state index is 12.1. The predicted octanol–water partition coefficient (Wildman–Crippen LogP) is 3.74. The number of carbonyl (C=O) groups excluding carboxylic acids is 1. The van der Waals surface area contributed by atoms with Crippen LogP contribution >= 0.6 is 0 Å². The van der Waals surface area contributed by atoms with Gasteiger partial charge in [-0.25, -0.2) is 0 Å². The SMILES string of the molecule is CC(=O)c1c2c(cc(O)c1-c1cc3ccccc3o1)OCO2. The molecule has 0 bridgehead atoms. The lowest BCUT2D eigenvalue weighted by molar-refractivity contribution is 0.101. The summed E-state index contributed by atoms with van der Waals surface area (Å²) < 4.78 is 16.4. The van der Waals surface area contributed by atoms with E-state index in [2.05, 4.69) is 0 Å². The number of phenolic OH excluding ortho intramolecular Hbond substituents is 1. The van der Waals surface area contributed by atoms with Crippen LogP contribution in [0.4, 0.5) is 0 Å². The van der Waals surface area contributed by atoms with Gasteiger partial charge in [0.2, 0.25) is 6.79 Å². The van der Waals surface area contributed by atoms with Crippen LogP contribution in [0.25, 0.3) is 22.3 Å². The van der Waals surface area contributed by atoms with Gasteiger partial charge in [-0.15, -0.1) is 0 Å². The summed E-state index contributed by atoms with van der Waals surface area (Å²) >= 11 is 0. The van der Waals surface area contributed by atoms with Gasteiger partial charge in [0.25, 0.3) is 0 Å². The van der Waals surface area contributed by atoms with E-state index < -0.39 is 0 Å². The minimum atomic E-state index is -0.229. The van der Waals surface area contributed by atoms with E-state index in [-0.39, 0.29) is 23.9 Å². The summed E-state index contributed by atoms with van der Waals surface area (Å²) in [5, 5.41) is 11.2. The number of fused-ring (bicyclic) bond motifs is 2. The summed E-state index contributed by atoms with van der Waals surface area (Å²) in [4.78, 5) is 12.1. The highest BCUT2D eigenvalue weighted by molar-refractivity contribution is 6.06. The highest BCUT2D eigenvalue weighted by Gasteiger charge is 2.29. The third-order valence-electron chi connectivity index (χ3n) is 3.67. The Morgan fingerprint density at radius 2 is 2.00 bits per heavy atom. The number of phenols is 1. The van der Waals surface area contributed by atoms with Crippen molar-refractivity contribution in [1.29, 1.82) is 0 Å². The first-order valence-electron chi connectivity index (χ1n) is 6.80. The highest BCUT2D eigenvalue weighted by atomic mass is 16.7.